The number of aryl methyl sites for hydroxylation is 4. The van der Waals surface area contributed by atoms with E-state index in [1.807, 2.05) is 58.0 Å². The quantitative estimate of drug-likeness (QED) is 0.0547. The second-order valence-corrected chi connectivity index (χ2v) is 19.6. The van der Waals surface area contributed by atoms with Crippen molar-refractivity contribution in [2.24, 2.45) is 0 Å². The fraction of sp³-hybridized carbons (Fsp3) is 0.169. The molecule has 0 heterocycles. The molecule has 0 saturated carbocycles. The van der Waals surface area contributed by atoms with Gasteiger partial charge in [-0.15, -0.1) is 0 Å². The molecule has 0 bridgehead atoms. The Morgan fingerprint density at radius 2 is 0.429 bits per heavy atom. The summed E-state index contributed by atoms with van der Waals surface area (Å²) < 4.78 is 0. The van der Waals surface area contributed by atoms with Crippen LogP contribution in [0.4, 0.5) is 0 Å². The fourth-order valence-electron chi connectivity index (χ4n) is 9.19. The zero-order valence-corrected chi connectivity index (χ0v) is 43.5. The van der Waals surface area contributed by atoms with E-state index in [0.29, 0.717) is 66.3 Å². The van der Waals surface area contributed by atoms with Gasteiger partial charge in [0.1, 0.15) is 69.0 Å². The first-order chi connectivity index (χ1) is 36.6. The molecular formula is C65H64O12. The molecule has 77 heavy (non-hydrogen) atoms. The van der Waals surface area contributed by atoms with E-state index in [2.05, 4.69) is 0 Å². The molecule has 0 saturated heterocycles. The topological polar surface area (TPSA) is 243 Å². The summed E-state index contributed by atoms with van der Waals surface area (Å²) >= 11 is 0. The van der Waals surface area contributed by atoms with Gasteiger partial charge in [-0.05, 0) is 190 Å². The van der Waals surface area contributed by atoms with Gasteiger partial charge < -0.3 is 61.3 Å². The van der Waals surface area contributed by atoms with Crippen molar-refractivity contribution in [3.63, 3.8) is 0 Å². The minimum Gasteiger partial charge on any atom is -0.508 e. The van der Waals surface area contributed by atoms with Gasteiger partial charge in [0.05, 0.1) is 0 Å². The van der Waals surface area contributed by atoms with Crippen LogP contribution in [0.2, 0.25) is 0 Å². The summed E-state index contributed by atoms with van der Waals surface area (Å²) in [6.45, 7) is 9.09. The number of hydrogen-bond acceptors (Lipinski definition) is 12. The molecule has 9 rings (SSSR count). The summed E-state index contributed by atoms with van der Waals surface area (Å²) in [5.41, 5.74) is 13.7. The molecule has 0 spiro atoms. The Morgan fingerprint density at radius 3 is 0.675 bits per heavy atom. The maximum Gasteiger partial charge on any atom is 0.125 e. The van der Waals surface area contributed by atoms with Crippen molar-refractivity contribution in [1.82, 2.24) is 0 Å². The number of benzene rings is 9. The van der Waals surface area contributed by atoms with E-state index in [1.165, 1.54) is 12.1 Å². The molecule has 0 aliphatic heterocycles. The van der Waals surface area contributed by atoms with E-state index in [0.717, 1.165) is 66.8 Å². The predicted molar refractivity (Wildman–Crippen MR) is 298 cm³/mol. The molecule has 12 nitrogen and oxygen atoms in total. The molecule has 0 fully saturated rings. The highest BCUT2D eigenvalue weighted by atomic mass is 16.3. The number of phenols is 12. The van der Waals surface area contributed by atoms with Gasteiger partial charge in [-0.3, -0.25) is 0 Å². The summed E-state index contributed by atoms with van der Waals surface area (Å²) in [4.78, 5) is 0. The molecule has 9 aromatic rings. The van der Waals surface area contributed by atoms with E-state index < -0.39 is 0 Å². The minimum absolute atomic E-state index is 0.0371. The summed E-state index contributed by atoms with van der Waals surface area (Å²) in [5.74, 6) is 1.69. The maximum absolute atomic E-state index is 10.4. The van der Waals surface area contributed by atoms with Gasteiger partial charge in [0.25, 0.3) is 0 Å². The van der Waals surface area contributed by atoms with Crippen LogP contribution in [0.5, 0.6) is 69.0 Å². The third-order valence-corrected chi connectivity index (χ3v) is 13.4. The first-order valence-corrected chi connectivity index (χ1v) is 24.9. The Morgan fingerprint density at radius 1 is 0.221 bits per heavy atom. The third kappa shape index (κ3) is 14.5. The van der Waals surface area contributed by atoms with Crippen molar-refractivity contribution in [3.8, 4) is 69.0 Å². The molecule has 0 radical (unpaired) electrons. The van der Waals surface area contributed by atoms with Crippen molar-refractivity contribution in [3.05, 3.63) is 246 Å². The van der Waals surface area contributed by atoms with Gasteiger partial charge in [0.2, 0.25) is 0 Å². The summed E-state index contributed by atoms with van der Waals surface area (Å²) in [6, 6.07) is 43.0. The average molecular weight is 1040 g/mol. The van der Waals surface area contributed by atoms with Crippen molar-refractivity contribution in [2.75, 3.05) is 0 Å². The average Bonchev–Trinajstić information content (AvgIpc) is 3.39. The van der Waals surface area contributed by atoms with Crippen molar-refractivity contribution in [1.29, 1.82) is 0 Å². The van der Waals surface area contributed by atoms with E-state index in [-0.39, 0.29) is 69.0 Å². The summed E-state index contributed by atoms with van der Waals surface area (Å²) in [6.07, 6.45) is 2.97. The second kappa shape index (κ2) is 24.3. The highest BCUT2D eigenvalue weighted by Gasteiger charge is 2.17. The maximum atomic E-state index is 10.4. The second-order valence-electron chi connectivity index (χ2n) is 19.6. The molecule has 12 heteroatoms. The van der Waals surface area contributed by atoms with Crippen LogP contribution >= 0.6 is 0 Å². The van der Waals surface area contributed by atoms with Crippen molar-refractivity contribution < 1.29 is 61.3 Å². The Kier molecular flexibility index (Phi) is 17.5. The van der Waals surface area contributed by atoms with Crippen molar-refractivity contribution >= 4 is 0 Å². The van der Waals surface area contributed by atoms with Gasteiger partial charge >= 0.3 is 0 Å². The molecule has 0 atom stereocenters. The first kappa shape index (κ1) is 55.3. The van der Waals surface area contributed by atoms with E-state index in [1.54, 1.807) is 116 Å². The summed E-state index contributed by atoms with van der Waals surface area (Å²) in [7, 11) is 0. The lowest BCUT2D eigenvalue weighted by atomic mass is 9.94. The number of phenolic OH excluding ortho intramolecular Hbond substituents is 12. The highest BCUT2D eigenvalue weighted by Crippen LogP contribution is 2.38. The molecule has 0 unspecified atom stereocenters. The lowest BCUT2D eigenvalue weighted by molar-refractivity contribution is 0.435. The molecule has 0 aliphatic carbocycles. The third-order valence-electron chi connectivity index (χ3n) is 13.4. The standard InChI is InChI=1S/C24H26O4.C21H20O4.C20H18O4/c1-13-5-17(6-14(2)23(13)27)9-19-11-20(22(26)12-21(19)25)10-18-7-15(3)24(28)16(4)8-18;1-13-20(24)16(10-14-2-6-18(22)7-3-14)12-17(21(13)25)11-15-4-8-19(23)9-5-15;21-17-5-1-13(2-6-17)9-15-11-16(20(24)12-19(15)23)10-14-3-7-18(22)8-4-14/h5-8,11-12,25-28H,9-10H2,1-4H3;2-9,12,22-25H,10-11H2,1H3;1-8,11-12,21-24H,9-10H2. The Balaban J connectivity index is 0.000000168. The molecule has 0 aromatic heterocycles. The Hall–Kier alpha value is -9.42. The predicted octanol–water partition coefficient (Wildman–Crippen LogP) is 12.6. The van der Waals surface area contributed by atoms with Crippen LogP contribution < -0.4 is 0 Å². The SMILES string of the molecule is Cc1c(O)c(Cc2ccc(O)cc2)cc(Cc2ccc(O)cc2)c1O.Cc1cc(Cc2cc(Cc3cc(C)c(O)c(C)c3)c(O)cc2O)cc(C)c1O.Oc1ccc(Cc2cc(Cc3ccc(O)cc3)c(O)cc2O)cc1. The smallest absolute Gasteiger partial charge is 0.125 e. The molecular weight excluding hydrogens is 973 g/mol. The van der Waals surface area contributed by atoms with E-state index in [9.17, 15) is 61.3 Å². The lowest BCUT2D eigenvalue weighted by Gasteiger charge is -2.14. The molecule has 396 valence electrons. The first-order valence-electron chi connectivity index (χ1n) is 24.9. The van der Waals surface area contributed by atoms with E-state index in [4.69, 9.17) is 0 Å². The molecule has 0 aliphatic rings. The van der Waals surface area contributed by atoms with Crippen LogP contribution in [0.15, 0.2) is 152 Å². The summed E-state index contributed by atoms with van der Waals surface area (Å²) in [5, 5.41) is 119. The number of hydrogen-bond donors (Lipinski definition) is 12. The number of rotatable bonds is 12. The molecule has 9 aromatic carbocycles. The van der Waals surface area contributed by atoms with Crippen LogP contribution in [-0.4, -0.2) is 61.3 Å². The van der Waals surface area contributed by atoms with E-state index >= 15 is 0 Å². The van der Waals surface area contributed by atoms with Gasteiger partial charge in [0.15, 0.2) is 0 Å². The Bertz CT molecular complexity index is 3240. The lowest BCUT2D eigenvalue weighted by Crippen LogP contribution is -1.97. The zero-order valence-electron chi connectivity index (χ0n) is 43.5. The molecule has 0 amide bonds. The van der Waals surface area contributed by atoms with Crippen LogP contribution in [0.3, 0.4) is 0 Å². The molecule has 12 N–H and O–H groups in total. The van der Waals surface area contributed by atoms with Gasteiger partial charge in [-0.2, -0.15) is 0 Å². The van der Waals surface area contributed by atoms with Crippen LogP contribution in [-0.2, 0) is 38.5 Å². The monoisotopic (exact) mass is 1040 g/mol. The van der Waals surface area contributed by atoms with Gasteiger partial charge in [-0.1, -0.05) is 72.8 Å². The minimum atomic E-state index is 0.0371. The van der Waals surface area contributed by atoms with Crippen LogP contribution in [0, 0.1) is 34.6 Å². The van der Waals surface area contributed by atoms with Crippen molar-refractivity contribution in [2.45, 2.75) is 73.1 Å². The highest BCUT2D eigenvalue weighted by molar-refractivity contribution is 5.56. The van der Waals surface area contributed by atoms with Crippen LogP contribution in [0.25, 0.3) is 0 Å². The normalized spacial score (nSPS) is 10.8. The fourth-order valence-corrected chi connectivity index (χ4v) is 9.19. The van der Waals surface area contributed by atoms with Crippen LogP contribution in [0.1, 0.15) is 94.6 Å². The Labute approximate surface area is 447 Å². The van der Waals surface area contributed by atoms with Gasteiger partial charge in [0, 0.05) is 56.2 Å². The zero-order chi connectivity index (χ0) is 55.7. The van der Waals surface area contributed by atoms with Gasteiger partial charge in [-0.25, -0.2) is 0 Å². The number of aromatic hydroxyl groups is 12. The largest absolute Gasteiger partial charge is 0.508 e.